The molecule has 4 heterocycles. The zero-order valence-corrected chi connectivity index (χ0v) is 16.7. The van der Waals surface area contributed by atoms with E-state index < -0.39 is 10.8 Å². The number of thiophene rings is 1. The Labute approximate surface area is 169 Å². The smallest absolute Gasteiger partial charge is 0.127 e. The lowest BCUT2D eigenvalue weighted by molar-refractivity contribution is 0.505. The molecular formula is C21H18N4OS2. The Kier molecular flexibility index (Phi) is 4.41. The molecule has 1 unspecified atom stereocenters. The number of aromatic nitrogens is 3. The SMILES string of the molecule is Nc1c(S(=O)C2CCC2)sc2nc(-c3cccnc3)cc(-c3cccnc3)c12. The minimum absolute atomic E-state index is 0.218. The number of rotatable bonds is 4. The zero-order chi connectivity index (χ0) is 19.1. The highest BCUT2D eigenvalue weighted by molar-refractivity contribution is 7.88. The van der Waals surface area contributed by atoms with E-state index in [1.165, 1.54) is 11.3 Å². The maximum Gasteiger partial charge on any atom is 0.127 e. The van der Waals surface area contributed by atoms with E-state index in [1.807, 2.05) is 36.5 Å². The summed E-state index contributed by atoms with van der Waals surface area (Å²) in [7, 11) is -1.08. The average Bonchev–Trinajstić information content (AvgIpc) is 3.04. The van der Waals surface area contributed by atoms with Crippen LogP contribution in [0.15, 0.2) is 59.3 Å². The van der Waals surface area contributed by atoms with Crippen LogP contribution in [-0.2, 0) is 10.8 Å². The Morgan fingerprint density at radius 1 is 1.07 bits per heavy atom. The topological polar surface area (TPSA) is 81.8 Å². The van der Waals surface area contributed by atoms with Crippen molar-refractivity contribution in [1.82, 2.24) is 15.0 Å². The highest BCUT2D eigenvalue weighted by Gasteiger charge is 2.29. The van der Waals surface area contributed by atoms with Crippen molar-refractivity contribution in [3.05, 3.63) is 55.1 Å². The summed E-state index contributed by atoms with van der Waals surface area (Å²) < 4.78 is 13.8. The Morgan fingerprint density at radius 3 is 2.39 bits per heavy atom. The molecule has 140 valence electrons. The molecule has 0 aromatic carbocycles. The van der Waals surface area contributed by atoms with Crippen LogP contribution in [0.5, 0.6) is 0 Å². The summed E-state index contributed by atoms with van der Waals surface area (Å²) in [5.41, 5.74) is 10.8. The van der Waals surface area contributed by atoms with Crippen molar-refractivity contribution < 1.29 is 4.21 Å². The fourth-order valence-electron chi connectivity index (χ4n) is 3.40. The first kappa shape index (κ1) is 17.5. The van der Waals surface area contributed by atoms with Gasteiger partial charge in [-0.25, -0.2) is 4.98 Å². The number of nitrogens with zero attached hydrogens (tertiary/aromatic N) is 3. The maximum atomic E-state index is 13.0. The third-order valence-corrected chi connectivity index (χ3v) is 8.43. The van der Waals surface area contributed by atoms with E-state index in [1.54, 1.807) is 18.6 Å². The molecule has 4 aromatic rings. The van der Waals surface area contributed by atoms with Crippen molar-refractivity contribution in [3.63, 3.8) is 0 Å². The van der Waals surface area contributed by atoms with Gasteiger partial charge in [0.25, 0.3) is 0 Å². The quantitative estimate of drug-likeness (QED) is 0.533. The normalized spacial score (nSPS) is 15.4. The first-order valence-electron chi connectivity index (χ1n) is 9.17. The molecule has 1 aliphatic carbocycles. The van der Waals surface area contributed by atoms with Crippen LogP contribution in [0.4, 0.5) is 5.69 Å². The monoisotopic (exact) mass is 406 g/mol. The van der Waals surface area contributed by atoms with Crippen molar-refractivity contribution >= 4 is 38.0 Å². The zero-order valence-electron chi connectivity index (χ0n) is 15.0. The predicted octanol–water partition coefficient (Wildman–Crippen LogP) is 4.66. The van der Waals surface area contributed by atoms with E-state index in [9.17, 15) is 4.21 Å². The van der Waals surface area contributed by atoms with E-state index in [0.29, 0.717) is 5.69 Å². The van der Waals surface area contributed by atoms with E-state index in [0.717, 1.165) is 56.1 Å². The van der Waals surface area contributed by atoms with Gasteiger partial charge in [0, 0.05) is 46.6 Å². The summed E-state index contributed by atoms with van der Waals surface area (Å²) in [5, 5.41) is 1.09. The van der Waals surface area contributed by atoms with Crippen LogP contribution >= 0.6 is 11.3 Å². The van der Waals surface area contributed by atoms with Crippen molar-refractivity contribution in [3.8, 4) is 22.4 Å². The third-order valence-electron chi connectivity index (χ3n) is 5.13. The van der Waals surface area contributed by atoms with Crippen LogP contribution in [0, 0.1) is 0 Å². The van der Waals surface area contributed by atoms with E-state index in [2.05, 4.69) is 9.97 Å². The minimum atomic E-state index is -1.08. The first-order chi connectivity index (χ1) is 13.7. The Hall–Kier alpha value is -2.64. The van der Waals surface area contributed by atoms with Gasteiger partial charge in [-0.3, -0.25) is 14.2 Å². The lowest BCUT2D eigenvalue weighted by Gasteiger charge is -2.23. The minimum Gasteiger partial charge on any atom is -0.396 e. The summed E-state index contributed by atoms with van der Waals surface area (Å²) in [6, 6.07) is 9.81. The van der Waals surface area contributed by atoms with Crippen LogP contribution in [0.25, 0.3) is 32.6 Å². The second-order valence-corrected chi connectivity index (χ2v) is 9.80. The van der Waals surface area contributed by atoms with Crippen LogP contribution in [0.2, 0.25) is 0 Å². The molecule has 0 radical (unpaired) electrons. The molecule has 1 fully saturated rings. The van der Waals surface area contributed by atoms with Crippen LogP contribution < -0.4 is 5.73 Å². The predicted molar refractivity (Wildman–Crippen MR) is 115 cm³/mol. The summed E-state index contributed by atoms with van der Waals surface area (Å²) in [4.78, 5) is 14.1. The van der Waals surface area contributed by atoms with Crippen LogP contribution in [0.3, 0.4) is 0 Å². The van der Waals surface area contributed by atoms with E-state index in [-0.39, 0.29) is 5.25 Å². The largest absolute Gasteiger partial charge is 0.396 e. The average molecular weight is 407 g/mol. The molecular weight excluding hydrogens is 388 g/mol. The Balaban J connectivity index is 1.76. The lowest BCUT2D eigenvalue weighted by atomic mass is 10.00. The number of nitrogens with two attached hydrogens (primary N) is 1. The number of anilines is 1. The molecule has 1 atom stereocenters. The fourth-order valence-corrected chi connectivity index (χ4v) is 6.61. The second-order valence-electron chi connectivity index (χ2n) is 6.87. The van der Waals surface area contributed by atoms with Gasteiger partial charge in [0.2, 0.25) is 0 Å². The molecule has 0 saturated heterocycles. The summed E-state index contributed by atoms with van der Waals surface area (Å²) >= 11 is 1.45. The van der Waals surface area contributed by atoms with Crippen molar-refractivity contribution in [2.75, 3.05) is 5.73 Å². The number of hydrogen-bond acceptors (Lipinski definition) is 6. The van der Waals surface area contributed by atoms with Crippen LogP contribution in [0.1, 0.15) is 19.3 Å². The van der Waals surface area contributed by atoms with E-state index in [4.69, 9.17) is 10.7 Å². The number of nitrogen functional groups attached to an aromatic ring is 1. The summed E-state index contributed by atoms with van der Waals surface area (Å²) in [6.07, 6.45) is 10.3. The molecule has 4 aromatic heterocycles. The Bertz CT molecular complexity index is 1170. The molecule has 0 bridgehead atoms. The van der Waals surface area contributed by atoms with Gasteiger partial charge < -0.3 is 5.73 Å². The highest BCUT2D eigenvalue weighted by atomic mass is 32.2. The van der Waals surface area contributed by atoms with Gasteiger partial charge in [0.1, 0.15) is 9.04 Å². The van der Waals surface area contributed by atoms with Gasteiger partial charge >= 0.3 is 0 Å². The molecule has 1 saturated carbocycles. The first-order valence-corrected chi connectivity index (χ1v) is 11.2. The molecule has 2 N–H and O–H groups in total. The molecule has 0 amide bonds. The van der Waals surface area contributed by atoms with Gasteiger partial charge in [0.05, 0.1) is 22.2 Å². The highest BCUT2D eigenvalue weighted by Crippen LogP contribution is 2.44. The summed E-state index contributed by atoms with van der Waals surface area (Å²) in [5.74, 6) is 0. The van der Waals surface area contributed by atoms with Crippen molar-refractivity contribution in [2.45, 2.75) is 28.7 Å². The summed E-state index contributed by atoms with van der Waals surface area (Å²) in [6.45, 7) is 0. The van der Waals surface area contributed by atoms with Gasteiger partial charge in [0.15, 0.2) is 0 Å². The molecule has 28 heavy (non-hydrogen) atoms. The second kappa shape index (κ2) is 7.07. The van der Waals surface area contributed by atoms with Gasteiger partial charge in [-0.1, -0.05) is 12.5 Å². The fraction of sp³-hybridized carbons (Fsp3) is 0.190. The maximum absolute atomic E-state index is 13.0. The molecule has 0 aliphatic heterocycles. The third kappa shape index (κ3) is 2.91. The number of pyridine rings is 3. The Morgan fingerprint density at radius 2 is 1.79 bits per heavy atom. The lowest BCUT2D eigenvalue weighted by Crippen LogP contribution is -2.23. The van der Waals surface area contributed by atoms with Crippen molar-refractivity contribution in [1.29, 1.82) is 0 Å². The molecule has 0 spiro atoms. The van der Waals surface area contributed by atoms with Crippen molar-refractivity contribution in [2.24, 2.45) is 0 Å². The van der Waals surface area contributed by atoms with E-state index >= 15 is 0 Å². The molecule has 1 aliphatic rings. The van der Waals surface area contributed by atoms with Crippen LogP contribution in [-0.4, -0.2) is 24.4 Å². The standard InChI is InChI=1S/C21H18N4OS2/c22-19-18-16(13-4-2-8-23-11-13)10-17(14-5-3-9-24-12-14)25-20(18)27-21(19)28(26)15-6-1-7-15/h2-5,8-12,15H,1,6-7,22H2. The van der Waals surface area contributed by atoms with Gasteiger partial charge in [-0.05, 0) is 42.7 Å². The molecule has 5 nitrogen and oxygen atoms in total. The van der Waals surface area contributed by atoms with Gasteiger partial charge in [-0.2, -0.15) is 0 Å². The number of fused-ring (bicyclic) bond motifs is 1. The number of hydrogen-bond donors (Lipinski definition) is 1. The van der Waals surface area contributed by atoms with Gasteiger partial charge in [-0.15, -0.1) is 11.3 Å². The molecule has 5 rings (SSSR count). The molecule has 7 heteroatoms.